The van der Waals surface area contributed by atoms with Crippen molar-refractivity contribution in [3.05, 3.63) is 59.5 Å². The summed E-state index contributed by atoms with van der Waals surface area (Å²) in [6.45, 7) is 9.00. The summed E-state index contributed by atoms with van der Waals surface area (Å²) >= 11 is 0. The molecule has 1 N–H and O–H groups in total. The topological polar surface area (TPSA) is 55.6 Å². The molecule has 2 aromatic heterocycles. The summed E-state index contributed by atoms with van der Waals surface area (Å²) in [5.41, 5.74) is 4.33. The van der Waals surface area contributed by atoms with Crippen LogP contribution in [0.25, 0.3) is 5.65 Å². The van der Waals surface area contributed by atoms with Crippen molar-refractivity contribution in [3.8, 4) is 5.75 Å². The van der Waals surface area contributed by atoms with Gasteiger partial charge in [0.1, 0.15) is 11.4 Å². The van der Waals surface area contributed by atoms with Crippen molar-refractivity contribution in [1.82, 2.24) is 9.38 Å². The predicted molar refractivity (Wildman–Crippen MR) is 104 cm³/mol. The van der Waals surface area contributed by atoms with Crippen molar-refractivity contribution in [3.63, 3.8) is 0 Å². The molecule has 0 aliphatic carbocycles. The smallest absolute Gasteiger partial charge is 0.257 e. The second kappa shape index (κ2) is 7.60. The third-order valence-electron chi connectivity index (χ3n) is 4.25. The molecule has 5 nitrogen and oxygen atoms in total. The number of rotatable bonds is 6. The molecule has 3 aromatic rings. The summed E-state index contributed by atoms with van der Waals surface area (Å²) in [6, 6.07) is 11.1. The molecule has 2 heterocycles. The minimum Gasteiger partial charge on any atom is -0.493 e. The van der Waals surface area contributed by atoms with Gasteiger partial charge in [-0.15, -0.1) is 0 Å². The van der Waals surface area contributed by atoms with Crippen LogP contribution >= 0.6 is 0 Å². The first-order valence-electron chi connectivity index (χ1n) is 8.99. The molecule has 0 saturated heterocycles. The van der Waals surface area contributed by atoms with Gasteiger partial charge in [0.05, 0.1) is 17.9 Å². The van der Waals surface area contributed by atoms with Crippen LogP contribution in [-0.2, 0) is 6.42 Å². The van der Waals surface area contributed by atoms with Gasteiger partial charge < -0.3 is 14.5 Å². The fraction of sp³-hybridized carbons (Fsp3) is 0.333. The normalized spacial score (nSPS) is 11.1. The fourth-order valence-electron chi connectivity index (χ4n) is 2.78. The third-order valence-corrected chi connectivity index (χ3v) is 4.25. The molecule has 0 spiro atoms. The number of aryl methyl sites for hydroxylation is 2. The number of imidazole rings is 1. The maximum absolute atomic E-state index is 12.6. The zero-order valence-corrected chi connectivity index (χ0v) is 15.7. The van der Waals surface area contributed by atoms with Crippen LogP contribution in [0.15, 0.2) is 42.6 Å². The standard InChI is InChI=1S/C21H25N3O2/c1-5-19-15(4)24-12-16(6-11-20(24)23-19)21(25)22-17-7-9-18(10-8-17)26-13-14(2)3/h6-12,14H,5,13H2,1-4H3,(H,22,25). The van der Waals surface area contributed by atoms with E-state index in [1.54, 1.807) is 6.07 Å². The minimum atomic E-state index is -0.145. The van der Waals surface area contributed by atoms with Gasteiger partial charge in [0.15, 0.2) is 0 Å². The molecule has 1 amide bonds. The number of fused-ring (bicyclic) bond motifs is 1. The fourth-order valence-corrected chi connectivity index (χ4v) is 2.78. The van der Waals surface area contributed by atoms with Gasteiger partial charge in [0.25, 0.3) is 5.91 Å². The van der Waals surface area contributed by atoms with Gasteiger partial charge in [0, 0.05) is 17.6 Å². The molecule has 136 valence electrons. The Morgan fingerprint density at radius 1 is 1.19 bits per heavy atom. The Morgan fingerprint density at radius 3 is 2.58 bits per heavy atom. The number of carbonyl (C=O) groups is 1. The van der Waals surface area contributed by atoms with Crippen LogP contribution in [0.4, 0.5) is 5.69 Å². The summed E-state index contributed by atoms with van der Waals surface area (Å²) in [7, 11) is 0. The molecule has 0 aliphatic heterocycles. The van der Waals surface area contributed by atoms with Gasteiger partial charge >= 0.3 is 0 Å². The van der Waals surface area contributed by atoms with E-state index in [-0.39, 0.29) is 5.91 Å². The Bertz CT molecular complexity index is 911. The van der Waals surface area contributed by atoms with Crippen LogP contribution in [-0.4, -0.2) is 21.9 Å². The first-order chi connectivity index (χ1) is 12.5. The third kappa shape index (κ3) is 3.87. The SMILES string of the molecule is CCc1nc2ccc(C(=O)Nc3ccc(OCC(C)C)cc3)cn2c1C. The van der Waals surface area contributed by atoms with Crippen LogP contribution in [0, 0.1) is 12.8 Å². The summed E-state index contributed by atoms with van der Waals surface area (Å²) in [5, 5.41) is 2.93. The number of benzene rings is 1. The molecular weight excluding hydrogens is 326 g/mol. The van der Waals surface area contributed by atoms with Crippen molar-refractivity contribution in [2.24, 2.45) is 5.92 Å². The molecule has 3 rings (SSSR count). The lowest BCUT2D eigenvalue weighted by molar-refractivity contribution is 0.102. The maximum atomic E-state index is 12.6. The summed E-state index contributed by atoms with van der Waals surface area (Å²) in [6.07, 6.45) is 2.71. The largest absolute Gasteiger partial charge is 0.493 e. The van der Waals surface area contributed by atoms with Gasteiger partial charge in [-0.05, 0) is 55.7 Å². The Morgan fingerprint density at radius 2 is 1.92 bits per heavy atom. The molecule has 5 heteroatoms. The summed E-state index contributed by atoms with van der Waals surface area (Å²) in [4.78, 5) is 17.1. The lowest BCUT2D eigenvalue weighted by Crippen LogP contribution is -2.12. The molecule has 0 radical (unpaired) electrons. The minimum absolute atomic E-state index is 0.145. The van der Waals surface area contributed by atoms with Gasteiger partial charge in [-0.3, -0.25) is 4.79 Å². The number of aromatic nitrogens is 2. The highest BCUT2D eigenvalue weighted by molar-refractivity contribution is 6.04. The number of pyridine rings is 1. The molecule has 0 atom stereocenters. The first kappa shape index (κ1) is 18.0. The molecule has 26 heavy (non-hydrogen) atoms. The van der Waals surface area contributed by atoms with E-state index < -0.39 is 0 Å². The maximum Gasteiger partial charge on any atom is 0.257 e. The monoisotopic (exact) mass is 351 g/mol. The quantitative estimate of drug-likeness (QED) is 0.712. The number of nitrogens with zero attached hydrogens (tertiary/aromatic N) is 2. The van der Waals surface area contributed by atoms with Gasteiger partial charge in [-0.2, -0.15) is 0 Å². The Balaban J connectivity index is 1.73. The summed E-state index contributed by atoms with van der Waals surface area (Å²) in [5.74, 6) is 1.14. The molecule has 1 aromatic carbocycles. The molecule has 0 unspecified atom stereocenters. The van der Waals surface area contributed by atoms with Crippen molar-refractivity contribution < 1.29 is 9.53 Å². The van der Waals surface area contributed by atoms with Crippen LogP contribution < -0.4 is 10.1 Å². The summed E-state index contributed by atoms with van der Waals surface area (Å²) < 4.78 is 7.63. The number of amides is 1. The molecule has 0 saturated carbocycles. The van der Waals surface area contributed by atoms with Crippen LogP contribution in [0.3, 0.4) is 0 Å². The van der Waals surface area contributed by atoms with Crippen LogP contribution in [0.1, 0.15) is 42.5 Å². The second-order valence-electron chi connectivity index (χ2n) is 6.83. The van der Waals surface area contributed by atoms with E-state index in [0.717, 1.165) is 34.9 Å². The number of ether oxygens (including phenoxy) is 1. The highest BCUT2D eigenvalue weighted by Gasteiger charge is 2.11. The van der Waals surface area contributed by atoms with Crippen molar-refractivity contribution in [2.75, 3.05) is 11.9 Å². The van der Waals surface area contributed by atoms with E-state index in [9.17, 15) is 4.79 Å². The second-order valence-corrected chi connectivity index (χ2v) is 6.83. The van der Waals surface area contributed by atoms with E-state index in [4.69, 9.17) is 4.74 Å². The van der Waals surface area contributed by atoms with Crippen LogP contribution in [0.5, 0.6) is 5.75 Å². The zero-order chi connectivity index (χ0) is 18.7. The number of nitrogens with one attached hydrogen (secondary N) is 1. The average molecular weight is 351 g/mol. The van der Waals surface area contributed by atoms with Crippen LogP contribution in [0.2, 0.25) is 0 Å². The van der Waals surface area contributed by atoms with Gasteiger partial charge in [0.2, 0.25) is 0 Å². The Kier molecular flexibility index (Phi) is 5.26. The Labute approximate surface area is 154 Å². The number of anilines is 1. The number of hydrogen-bond acceptors (Lipinski definition) is 3. The van der Waals surface area contributed by atoms with Gasteiger partial charge in [-0.25, -0.2) is 4.98 Å². The van der Waals surface area contributed by atoms with E-state index in [1.807, 2.05) is 47.9 Å². The molecule has 0 bridgehead atoms. The van der Waals surface area contributed by atoms with Crippen molar-refractivity contribution in [1.29, 1.82) is 0 Å². The highest BCUT2D eigenvalue weighted by atomic mass is 16.5. The highest BCUT2D eigenvalue weighted by Crippen LogP contribution is 2.18. The van der Waals surface area contributed by atoms with Crippen molar-refractivity contribution in [2.45, 2.75) is 34.1 Å². The van der Waals surface area contributed by atoms with E-state index in [1.165, 1.54) is 0 Å². The molecule has 0 fully saturated rings. The molecule has 0 aliphatic rings. The average Bonchev–Trinajstić information content (AvgIpc) is 2.96. The van der Waals surface area contributed by atoms with Crippen molar-refractivity contribution >= 4 is 17.2 Å². The molecular formula is C21H25N3O2. The zero-order valence-electron chi connectivity index (χ0n) is 15.7. The Hall–Kier alpha value is -2.82. The van der Waals surface area contributed by atoms with Gasteiger partial charge in [-0.1, -0.05) is 20.8 Å². The lowest BCUT2D eigenvalue weighted by atomic mass is 10.2. The lowest BCUT2D eigenvalue weighted by Gasteiger charge is -2.10. The number of hydrogen-bond donors (Lipinski definition) is 1. The van der Waals surface area contributed by atoms with E-state index >= 15 is 0 Å². The number of carbonyl (C=O) groups excluding carboxylic acids is 1. The van der Waals surface area contributed by atoms with E-state index in [2.05, 4.69) is 31.1 Å². The first-order valence-corrected chi connectivity index (χ1v) is 8.99. The predicted octanol–water partition coefficient (Wildman–Crippen LogP) is 4.49. The van der Waals surface area contributed by atoms with E-state index in [0.29, 0.717) is 18.1 Å².